The van der Waals surface area contributed by atoms with Crippen LogP contribution in [0, 0.1) is 13.8 Å². The van der Waals surface area contributed by atoms with Gasteiger partial charge in [-0.1, -0.05) is 41.4 Å². The lowest BCUT2D eigenvalue weighted by Crippen LogP contribution is -2.24. The van der Waals surface area contributed by atoms with Crippen molar-refractivity contribution in [2.45, 2.75) is 32.7 Å². The van der Waals surface area contributed by atoms with Crippen molar-refractivity contribution >= 4 is 34.2 Å². The van der Waals surface area contributed by atoms with Crippen molar-refractivity contribution in [3.05, 3.63) is 88.7 Å². The minimum atomic E-state index is 0.0155. The number of para-hydroxylation sites is 2. The molecule has 1 saturated heterocycles. The second kappa shape index (κ2) is 8.91. The van der Waals surface area contributed by atoms with Crippen LogP contribution in [0.1, 0.15) is 29.3 Å². The van der Waals surface area contributed by atoms with Crippen LogP contribution in [0.15, 0.2) is 66.7 Å². The lowest BCUT2D eigenvalue weighted by Gasteiger charge is -2.18. The minimum absolute atomic E-state index is 0.0155. The number of hydrogen-bond donors (Lipinski definition) is 0. The third-order valence-electron chi connectivity index (χ3n) is 6.22. The normalized spacial score (nSPS) is 16.0. The van der Waals surface area contributed by atoms with Gasteiger partial charge in [0, 0.05) is 29.6 Å². The van der Waals surface area contributed by atoms with Gasteiger partial charge >= 0.3 is 0 Å². The van der Waals surface area contributed by atoms with E-state index in [1.54, 1.807) is 0 Å². The molecule has 4 aromatic rings. The average molecular weight is 460 g/mol. The predicted molar refractivity (Wildman–Crippen MR) is 132 cm³/mol. The predicted octanol–water partition coefficient (Wildman–Crippen LogP) is 5.91. The number of imidazole rings is 1. The highest BCUT2D eigenvalue weighted by atomic mass is 35.5. The summed E-state index contributed by atoms with van der Waals surface area (Å²) in [7, 11) is 0. The number of fused-ring (bicyclic) bond motifs is 1. The standard InChI is InChI=1S/C27H26ClN3O2/c1-18-7-12-25(19(2)15-18)33-14-13-30-24-6-4-3-5-23(24)29-27(30)20-16-26(32)31(17-20)22-10-8-21(28)9-11-22/h3-12,15,20H,13-14,16-17H2,1-2H3/t20-/m1/s1. The van der Waals surface area contributed by atoms with Crippen LogP contribution in [-0.2, 0) is 11.3 Å². The highest BCUT2D eigenvalue weighted by Gasteiger charge is 2.34. The number of nitrogens with zero attached hydrogens (tertiary/aromatic N) is 3. The van der Waals surface area contributed by atoms with Crippen molar-refractivity contribution < 1.29 is 9.53 Å². The Kier molecular flexibility index (Phi) is 5.81. The van der Waals surface area contributed by atoms with Crippen molar-refractivity contribution in [2.24, 2.45) is 0 Å². The summed E-state index contributed by atoms with van der Waals surface area (Å²) in [6, 6.07) is 21.8. The van der Waals surface area contributed by atoms with Crippen molar-refractivity contribution in [3.8, 4) is 5.75 Å². The fourth-order valence-electron chi connectivity index (χ4n) is 4.60. The Balaban J connectivity index is 1.40. The first-order valence-corrected chi connectivity index (χ1v) is 11.6. The largest absolute Gasteiger partial charge is 0.491 e. The van der Waals surface area contributed by atoms with E-state index in [0.717, 1.165) is 33.9 Å². The molecule has 5 nitrogen and oxygen atoms in total. The van der Waals surface area contributed by atoms with Crippen LogP contribution in [0.25, 0.3) is 11.0 Å². The van der Waals surface area contributed by atoms with Crippen LogP contribution in [0.5, 0.6) is 5.75 Å². The van der Waals surface area contributed by atoms with Crippen LogP contribution in [0.3, 0.4) is 0 Å². The van der Waals surface area contributed by atoms with Crippen LogP contribution in [0.4, 0.5) is 5.69 Å². The lowest BCUT2D eigenvalue weighted by atomic mass is 10.1. The topological polar surface area (TPSA) is 47.4 Å². The molecule has 33 heavy (non-hydrogen) atoms. The summed E-state index contributed by atoms with van der Waals surface area (Å²) in [5, 5.41) is 0.660. The van der Waals surface area contributed by atoms with Gasteiger partial charge in [-0.2, -0.15) is 0 Å². The monoisotopic (exact) mass is 459 g/mol. The molecule has 6 heteroatoms. The molecule has 1 aliphatic heterocycles. The van der Waals surface area contributed by atoms with Gasteiger partial charge in [0.15, 0.2) is 0 Å². The maximum absolute atomic E-state index is 12.9. The van der Waals surface area contributed by atoms with Gasteiger partial charge in [0.05, 0.1) is 17.6 Å². The van der Waals surface area contributed by atoms with Crippen LogP contribution >= 0.6 is 11.6 Å². The molecule has 2 heterocycles. The first-order chi connectivity index (χ1) is 16.0. The summed E-state index contributed by atoms with van der Waals surface area (Å²) in [5.41, 5.74) is 5.22. The molecular weight excluding hydrogens is 434 g/mol. The van der Waals surface area contributed by atoms with E-state index < -0.39 is 0 Å². The van der Waals surface area contributed by atoms with E-state index in [1.165, 1.54) is 5.56 Å². The van der Waals surface area contributed by atoms with E-state index in [2.05, 4.69) is 36.6 Å². The third kappa shape index (κ3) is 4.33. The van der Waals surface area contributed by atoms with E-state index in [1.807, 2.05) is 53.4 Å². The SMILES string of the molecule is Cc1ccc(OCCn2c([C@@H]3CC(=O)N(c4ccc(Cl)cc4)C3)nc3ccccc32)c(C)c1. The quantitative estimate of drug-likeness (QED) is 0.360. The van der Waals surface area contributed by atoms with Gasteiger partial charge in [-0.15, -0.1) is 0 Å². The van der Waals surface area contributed by atoms with Gasteiger partial charge in [0.1, 0.15) is 18.2 Å². The number of rotatable bonds is 6. The molecule has 0 unspecified atom stereocenters. The third-order valence-corrected chi connectivity index (χ3v) is 6.47. The van der Waals surface area contributed by atoms with Gasteiger partial charge in [0.25, 0.3) is 0 Å². The number of anilines is 1. The molecule has 1 aromatic heterocycles. The Labute approximate surface area is 198 Å². The fourth-order valence-corrected chi connectivity index (χ4v) is 4.73. The smallest absolute Gasteiger partial charge is 0.227 e. The first-order valence-electron chi connectivity index (χ1n) is 11.2. The molecule has 1 fully saturated rings. The summed E-state index contributed by atoms with van der Waals surface area (Å²) in [5.74, 6) is 1.95. The Morgan fingerprint density at radius 1 is 1.06 bits per heavy atom. The second-order valence-electron chi connectivity index (χ2n) is 8.61. The average Bonchev–Trinajstić information content (AvgIpc) is 3.36. The molecule has 1 atom stereocenters. The summed E-state index contributed by atoms with van der Waals surface area (Å²) < 4.78 is 8.33. The molecular formula is C27H26ClN3O2. The van der Waals surface area contributed by atoms with Crippen molar-refractivity contribution in [3.63, 3.8) is 0 Å². The molecule has 1 amide bonds. The first kappa shape index (κ1) is 21.5. The summed E-state index contributed by atoms with van der Waals surface area (Å²) in [4.78, 5) is 19.6. The molecule has 1 aliphatic rings. The number of aryl methyl sites for hydroxylation is 2. The molecule has 168 valence electrons. The number of halogens is 1. The molecule has 0 saturated carbocycles. The second-order valence-corrected chi connectivity index (χ2v) is 9.05. The van der Waals surface area contributed by atoms with E-state index >= 15 is 0 Å². The van der Waals surface area contributed by atoms with E-state index in [4.69, 9.17) is 21.3 Å². The molecule has 5 rings (SSSR count). The zero-order valence-corrected chi connectivity index (χ0v) is 19.5. The molecule has 0 aliphatic carbocycles. The highest BCUT2D eigenvalue weighted by Crippen LogP contribution is 2.33. The Morgan fingerprint density at radius 2 is 1.85 bits per heavy atom. The Morgan fingerprint density at radius 3 is 2.64 bits per heavy atom. The minimum Gasteiger partial charge on any atom is -0.491 e. The van der Waals surface area contributed by atoms with E-state index in [9.17, 15) is 4.79 Å². The summed E-state index contributed by atoms with van der Waals surface area (Å²) in [6.45, 7) is 5.93. The molecule has 0 radical (unpaired) electrons. The number of carbonyl (C=O) groups excluding carboxylic acids is 1. The maximum atomic E-state index is 12.9. The summed E-state index contributed by atoms with van der Waals surface area (Å²) >= 11 is 6.03. The van der Waals surface area contributed by atoms with Crippen molar-refractivity contribution in [1.82, 2.24) is 9.55 Å². The number of amides is 1. The Hall–Kier alpha value is -3.31. The zero-order chi connectivity index (χ0) is 22.9. The van der Waals surface area contributed by atoms with Crippen LogP contribution < -0.4 is 9.64 Å². The number of benzene rings is 3. The Bertz CT molecular complexity index is 1310. The van der Waals surface area contributed by atoms with Gasteiger partial charge < -0.3 is 14.2 Å². The highest BCUT2D eigenvalue weighted by molar-refractivity contribution is 6.30. The molecule has 0 bridgehead atoms. The molecule has 0 N–H and O–H groups in total. The number of aromatic nitrogens is 2. The molecule has 3 aromatic carbocycles. The fraction of sp³-hybridized carbons (Fsp3) is 0.259. The van der Waals surface area contributed by atoms with Crippen LogP contribution in [-0.4, -0.2) is 28.6 Å². The number of hydrogen-bond acceptors (Lipinski definition) is 3. The van der Waals surface area contributed by atoms with Gasteiger partial charge in [-0.05, 0) is 61.9 Å². The zero-order valence-electron chi connectivity index (χ0n) is 18.8. The van der Waals surface area contributed by atoms with Gasteiger partial charge in [-0.25, -0.2) is 4.98 Å². The van der Waals surface area contributed by atoms with Crippen LogP contribution in [0.2, 0.25) is 5.02 Å². The van der Waals surface area contributed by atoms with E-state index in [0.29, 0.717) is 31.1 Å². The van der Waals surface area contributed by atoms with Gasteiger partial charge in [0.2, 0.25) is 5.91 Å². The van der Waals surface area contributed by atoms with Crippen molar-refractivity contribution in [2.75, 3.05) is 18.1 Å². The summed E-state index contributed by atoms with van der Waals surface area (Å²) in [6.07, 6.45) is 0.434. The van der Waals surface area contributed by atoms with Gasteiger partial charge in [-0.3, -0.25) is 4.79 Å². The molecule has 0 spiro atoms. The number of ether oxygens (including phenoxy) is 1. The van der Waals surface area contributed by atoms with Crippen molar-refractivity contribution in [1.29, 1.82) is 0 Å². The lowest BCUT2D eigenvalue weighted by molar-refractivity contribution is -0.117. The maximum Gasteiger partial charge on any atom is 0.227 e. The van der Waals surface area contributed by atoms with E-state index in [-0.39, 0.29) is 11.8 Å². The number of carbonyl (C=O) groups is 1.